The molecule has 0 radical (unpaired) electrons. The maximum absolute atomic E-state index is 11.9. The number of fused-ring (bicyclic) bond motifs is 1. The zero-order valence-electron chi connectivity index (χ0n) is 16.3. The lowest BCUT2D eigenvalue weighted by atomic mass is 10.2. The van der Waals surface area contributed by atoms with Gasteiger partial charge in [0.1, 0.15) is 5.52 Å². The van der Waals surface area contributed by atoms with E-state index in [9.17, 15) is 4.79 Å². The molecule has 1 aliphatic carbocycles. The van der Waals surface area contributed by atoms with E-state index in [4.69, 9.17) is 9.72 Å². The fourth-order valence-corrected chi connectivity index (χ4v) is 3.58. The SMILES string of the molecule is C[C@@H]1COCCN1c1nc(-c2ccc(NC(=O)NC3CC3)cc2)nn2cccc12. The summed E-state index contributed by atoms with van der Waals surface area (Å²) in [7, 11) is 0. The maximum Gasteiger partial charge on any atom is 0.319 e. The molecule has 0 spiro atoms. The van der Waals surface area contributed by atoms with Crippen LogP contribution in [0.15, 0.2) is 42.6 Å². The molecule has 3 aromatic rings. The number of morpholine rings is 1. The zero-order valence-corrected chi connectivity index (χ0v) is 16.3. The Balaban J connectivity index is 1.43. The number of nitrogens with zero attached hydrogens (tertiary/aromatic N) is 4. The second kappa shape index (κ2) is 7.36. The molecule has 1 atom stereocenters. The molecule has 150 valence electrons. The van der Waals surface area contributed by atoms with Crippen LogP contribution in [0.4, 0.5) is 16.3 Å². The summed E-state index contributed by atoms with van der Waals surface area (Å²) < 4.78 is 7.45. The van der Waals surface area contributed by atoms with E-state index in [2.05, 4.69) is 27.6 Å². The van der Waals surface area contributed by atoms with Crippen molar-refractivity contribution in [2.24, 2.45) is 0 Å². The van der Waals surface area contributed by atoms with Crippen LogP contribution in [0.5, 0.6) is 0 Å². The fourth-order valence-electron chi connectivity index (χ4n) is 3.58. The first-order chi connectivity index (χ1) is 14.2. The van der Waals surface area contributed by atoms with Crippen molar-refractivity contribution in [2.45, 2.75) is 31.8 Å². The number of carbonyl (C=O) groups excluding carboxylic acids is 1. The van der Waals surface area contributed by atoms with Gasteiger partial charge in [-0.15, -0.1) is 5.10 Å². The number of ether oxygens (including phenoxy) is 1. The predicted molar refractivity (Wildman–Crippen MR) is 111 cm³/mol. The molecule has 3 heterocycles. The molecule has 8 heteroatoms. The number of aromatic nitrogens is 3. The first-order valence-electron chi connectivity index (χ1n) is 10.0. The van der Waals surface area contributed by atoms with E-state index in [0.717, 1.165) is 42.0 Å². The van der Waals surface area contributed by atoms with Gasteiger partial charge < -0.3 is 20.3 Å². The van der Waals surface area contributed by atoms with Crippen LogP contribution >= 0.6 is 0 Å². The number of anilines is 2. The summed E-state index contributed by atoms with van der Waals surface area (Å²) in [6.45, 7) is 4.33. The third-order valence-corrected chi connectivity index (χ3v) is 5.32. The van der Waals surface area contributed by atoms with Gasteiger partial charge in [0.25, 0.3) is 0 Å². The Morgan fingerprint density at radius 1 is 1.21 bits per heavy atom. The molecule has 2 fully saturated rings. The number of rotatable bonds is 4. The number of urea groups is 1. The Morgan fingerprint density at radius 2 is 2.03 bits per heavy atom. The molecule has 0 bridgehead atoms. The number of nitrogens with one attached hydrogen (secondary N) is 2. The van der Waals surface area contributed by atoms with Crippen LogP contribution < -0.4 is 15.5 Å². The molecular weight excluding hydrogens is 368 g/mol. The van der Waals surface area contributed by atoms with E-state index in [1.807, 2.05) is 47.1 Å². The summed E-state index contributed by atoms with van der Waals surface area (Å²) in [6.07, 6.45) is 4.07. The summed E-state index contributed by atoms with van der Waals surface area (Å²) in [5, 5.41) is 10.5. The number of carbonyl (C=O) groups is 1. The van der Waals surface area contributed by atoms with Gasteiger partial charge in [0.2, 0.25) is 0 Å². The lowest BCUT2D eigenvalue weighted by Gasteiger charge is -2.34. The molecule has 2 aromatic heterocycles. The number of hydrogen-bond donors (Lipinski definition) is 2. The van der Waals surface area contributed by atoms with E-state index in [-0.39, 0.29) is 12.1 Å². The largest absolute Gasteiger partial charge is 0.377 e. The first kappa shape index (κ1) is 17.9. The second-order valence-corrected chi connectivity index (χ2v) is 7.66. The standard InChI is InChI=1S/C21H24N6O2/c1-14-13-29-12-11-26(14)20-18-3-2-10-27(18)25-19(24-20)15-4-6-16(7-5-15)22-21(28)23-17-8-9-17/h2-7,10,14,17H,8-9,11-13H2,1H3,(H2,22,23,28)/t14-/m1/s1. The van der Waals surface area contributed by atoms with Gasteiger partial charge in [-0.05, 0) is 56.2 Å². The van der Waals surface area contributed by atoms with Crippen molar-refractivity contribution >= 4 is 23.1 Å². The third-order valence-electron chi connectivity index (χ3n) is 5.32. The smallest absolute Gasteiger partial charge is 0.319 e. The van der Waals surface area contributed by atoms with Crippen LogP contribution in [-0.4, -0.2) is 52.5 Å². The van der Waals surface area contributed by atoms with Gasteiger partial charge in [0.15, 0.2) is 11.6 Å². The lowest BCUT2D eigenvalue weighted by molar-refractivity contribution is 0.0986. The van der Waals surface area contributed by atoms with Crippen LogP contribution in [-0.2, 0) is 4.74 Å². The molecule has 2 N–H and O–H groups in total. The topological polar surface area (TPSA) is 83.8 Å². The van der Waals surface area contributed by atoms with E-state index in [1.54, 1.807) is 0 Å². The Labute approximate surface area is 168 Å². The van der Waals surface area contributed by atoms with Crippen LogP contribution in [0, 0.1) is 0 Å². The minimum Gasteiger partial charge on any atom is -0.377 e. The van der Waals surface area contributed by atoms with Gasteiger partial charge in [-0.3, -0.25) is 0 Å². The summed E-state index contributed by atoms with van der Waals surface area (Å²) in [4.78, 5) is 19.1. The summed E-state index contributed by atoms with van der Waals surface area (Å²) in [5.41, 5.74) is 2.63. The zero-order chi connectivity index (χ0) is 19.8. The van der Waals surface area contributed by atoms with E-state index in [1.165, 1.54) is 0 Å². The molecule has 1 aromatic carbocycles. The molecule has 2 amide bonds. The highest BCUT2D eigenvalue weighted by Gasteiger charge is 2.24. The predicted octanol–water partition coefficient (Wildman–Crippen LogP) is 2.91. The van der Waals surface area contributed by atoms with Crippen LogP contribution in [0.2, 0.25) is 0 Å². The van der Waals surface area contributed by atoms with Crippen molar-refractivity contribution < 1.29 is 9.53 Å². The van der Waals surface area contributed by atoms with E-state index in [0.29, 0.717) is 25.1 Å². The number of amides is 2. The van der Waals surface area contributed by atoms with Crippen molar-refractivity contribution in [1.82, 2.24) is 19.9 Å². The summed E-state index contributed by atoms with van der Waals surface area (Å²) in [6, 6.07) is 12.1. The quantitative estimate of drug-likeness (QED) is 0.713. The highest BCUT2D eigenvalue weighted by atomic mass is 16.5. The minimum atomic E-state index is -0.158. The molecule has 1 saturated heterocycles. The van der Waals surface area contributed by atoms with Crippen LogP contribution in [0.1, 0.15) is 19.8 Å². The van der Waals surface area contributed by atoms with Crippen LogP contribution in [0.25, 0.3) is 16.9 Å². The molecule has 1 saturated carbocycles. The monoisotopic (exact) mass is 392 g/mol. The Morgan fingerprint density at radius 3 is 2.79 bits per heavy atom. The second-order valence-electron chi connectivity index (χ2n) is 7.66. The van der Waals surface area contributed by atoms with E-state index < -0.39 is 0 Å². The Kier molecular flexibility index (Phi) is 4.55. The molecule has 5 rings (SSSR count). The van der Waals surface area contributed by atoms with Gasteiger partial charge in [-0.2, -0.15) is 0 Å². The Bertz CT molecular complexity index is 1030. The molecule has 2 aliphatic rings. The minimum absolute atomic E-state index is 0.158. The highest BCUT2D eigenvalue weighted by molar-refractivity contribution is 5.89. The molecular formula is C21H24N6O2. The first-order valence-corrected chi connectivity index (χ1v) is 10.0. The maximum atomic E-state index is 11.9. The van der Waals surface area contributed by atoms with Gasteiger partial charge in [-0.1, -0.05) is 0 Å². The van der Waals surface area contributed by atoms with Gasteiger partial charge in [-0.25, -0.2) is 14.3 Å². The van der Waals surface area contributed by atoms with Crippen LogP contribution in [0.3, 0.4) is 0 Å². The molecule has 0 unspecified atom stereocenters. The average Bonchev–Trinajstić information content (AvgIpc) is 3.40. The molecule has 29 heavy (non-hydrogen) atoms. The van der Waals surface area contributed by atoms with Crippen molar-refractivity contribution in [3.8, 4) is 11.4 Å². The lowest BCUT2D eigenvalue weighted by Crippen LogP contribution is -2.44. The average molecular weight is 392 g/mol. The normalized spacial score (nSPS) is 19.3. The van der Waals surface area contributed by atoms with Crippen molar-refractivity contribution in [3.05, 3.63) is 42.6 Å². The molecule has 8 nitrogen and oxygen atoms in total. The van der Waals surface area contributed by atoms with Gasteiger partial charge in [0.05, 0.1) is 19.3 Å². The van der Waals surface area contributed by atoms with Crippen molar-refractivity contribution in [3.63, 3.8) is 0 Å². The van der Waals surface area contributed by atoms with Gasteiger partial charge >= 0.3 is 6.03 Å². The number of hydrogen-bond acceptors (Lipinski definition) is 5. The van der Waals surface area contributed by atoms with Crippen molar-refractivity contribution in [1.29, 1.82) is 0 Å². The van der Waals surface area contributed by atoms with E-state index >= 15 is 0 Å². The van der Waals surface area contributed by atoms with Crippen molar-refractivity contribution in [2.75, 3.05) is 30.0 Å². The third kappa shape index (κ3) is 3.75. The summed E-state index contributed by atoms with van der Waals surface area (Å²) >= 11 is 0. The molecule has 1 aliphatic heterocycles. The highest BCUT2D eigenvalue weighted by Crippen LogP contribution is 2.27. The fraction of sp³-hybridized carbons (Fsp3) is 0.381. The Hall–Kier alpha value is -3.13. The van der Waals surface area contributed by atoms with Gasteiger partial charge in [0, 0.05) is 30.0 Å². The summed E-state index contributed by atoms with van der Waals surface area (Å²) in [5.74, 6) is 1.57. The number of benzene rings is 1.